The summed E-state index contributed by atoms with van der Waals surface area (Å²) in [4.78, 5) is 0. The van der Waals surface area contributed by atoms with Gasteiger partial charge in [0, 0.05) is 23.9 Å². The van der Waals surface area contributed by atoms with Gasteiger partial charge in [0.15, 0.2) is 0 Å². The number of benzene rings is 1. The lowest BCUT2D eigenvalue weighted by Crippen LogP contribution is -2.16. The normalized spacial score (nSPS) is 12.6. The van der Waals surface area contributed by atoms with Crippen molar-refractivity contribution in [1.29, 1.82) is 0 Å². The molecule has 0 saturated heterocycles. The summed E-state index contributed by atoms with van der Waals surface area (Å²) in [5, 5.41) is 0.868. The maximum Gasteiger partial charge on any atom is 0.285 e. The number of halogens is 2. The third-order valence-corrected chi connectivity index (χ3v) is 2.71. The van der Waals surface area contributed by atoms with Gasteiger partial charge in [0.05, 0.1) is 5.69 Å². The molecule has 0 unspecified atom stereocenters. The Morgan fingerprint density at radius 2 is 1.81 bits per heavy atom. The molecule has 1 aromatic carbocycles. The molecule has 0 bridgehead atoms. The molecule has 1 aromatic heterocycles. The summed E-state index contributed by atoms with van der Waals surface area (Å²) in [6, 6.07) is 9.09. The van der Waals surface area contributed by atoms with Crippen molar-refractivity contribution < 1.29 is 8.78 Å². The first kappa shape index (κ1) is 11.1. The van der Waals surface area contributed by atoms with Crippen molar-refractivity contribution in [2.75, 3.05) is 0 Å². The maximum absolute atomic E-state index is 13.5. The van der Waals surface area contributed by atoms with Crippen LogP contribution in [0.15, 0.2) is 30.3 Å². The van der Waals surface area contributed by atoms with Crippen molar-refractivity contribution in [2.24, 2.45) is 0 Å². The van der Waals surface area contributed by atoms with Crippen LogP contribution in [0.1, 0.15) is 32.5 Å². The Morgan fingerprint density at radius 3 is 2.38 bits per heavy atom. The molecular formula is C13H15F2N. The van der Waals surface area contributed by atoms with Crippen molar-refractivity contribution in [3.05, 3.63) is 36.0 Å². The quantitative estimate of drug-likeness (QED) is 0.714. The first-order valence-electron chi connectivity index (χ1n) is 5.39. The first-order chi connectivity index (χ1) is 7.41. The highest BCUT2D eigenvalue weighted by Gasteiger charge is 2.30. The predicted molar refractivity (Wildman–Crippen MR) is 61.9 cm³/mol. The molecule has 2 aromatic rings. The number of fused-ring (bicyclic) bond motifs is 1. The van der Waals surface area contributed by atoms with Gasteiger partial charge in [-0.15, -0.1) is 0 Å². The molecule has 0 radical (unpaired) electrons. The van der Waals surface area contributed by atoms with Gasteiger partial charge in [-0.2, -0.15) is 0 Å². The Labute approximate surface area is 93.7 Å². The molecule has 0 aliphatic carbocycles. The van der Waals surface area contributed by atoms with E-state index in [1.54, 1.807) is 10.6 Å². The SMILES string of the molecule is CC(C)n1c(C(C)(F)F)cc2ccccc21. The molecule has 16 heavy (non-hydrogen) atoms. The van der Waals surface area contributed by atoms with Crippen LogP contribution in [0, 0.1) is 0 Å². The van der Waals surface area contributed by atoms with Gasteiger partial charge in [0.25, 0.3) is 5.92 Å². The van der Waals surface area contributed by atoms with Crippen LogP contribution in [0.3, 0.4) is 0 Å². The fourth-order valence-electron chi connectivity index (χ4n) is 2.07. The molecule has 0 spiro atoms. The molecule has 1 heterocycles. The Balaban J connectivity index is 2.78. The van der Waals surface area contributed by atoms with Crippen LogP contribution < -0.4 is 0 Å². The zero-order valence-electron chi connectivity index (χ0n) is 9.67. The number of hydrogen-bond donors (Lipinski definition) is 0. The van der Waals surface area contributed by atoms with Crippen molar-refractivity contribution in [2.45, 2.75) is 32.7 Å². The van der Waals surface area contributed by atoms with E-state index in [9.17, 15) is 8.78 Å². The molecule has 0 fully saturated rings. The van der Waals surface area contributed by atoms with Crippen LogP contribution in [0.2, 0.25) is 0 Å². The first-order valence-corrected chi connectivity index (χ1v) is 5.39. The lowest BCUT2D eigenvalue weighted by molar-refractivity contribution is 0.00855. The molecule has 0 aliphatic heterocycles. The summed E-state index contributed by atoms with van der Waals surface area (Å²) in [6.07, 6.45) is 0. The van der Waals surface area contributed by atoms with Gasteiger partial charge in [0.1, 0.15) is 0 Å². The van der Waals surface area contributed by atoms with Gasteiger partial charge in [-0.1, -0.05) is 18.2 Å². The summed E-state index contributed by atoms with van der Waals surface area (Å²) in [5.74, 6) is -2.80. The molecule has 0 amide bonds. The standard InChI is InChI=1S/C13H15F2N/c1-9(2)16-11-7-5-4-6-10(11)8-12(16)13(3,14)15/h4-9H,1-3H3. The second-order valence-electron chi connectivity index (χ2n) is 4.44. The summed E-state index contributed by atoms with van der Waals surface area (Å²) in [7, 11) is 0. The largest absolute Gasteiger partial charge is 0.337 e. The van der Waals surface area contributed by atoms with E-state index >= 15 is 0 Å². The number of rotatable bonds is 2. The van der Waals surface area contributed by atoms with Crippen LogP contribution in [-0.2, 0) is 5.92 Å². The zero-order chi connectivity index (χ0) is 11.9. The number of nitrogens with zero attached hydrogens (tertiary/aromatic N) is 1. The second-order valence-corrected chi connectivity index (χ2v) is 4.44. The van der Waals surface area contributed by atoms with Crippen LogP contribution in [0.5, 0.6) is 0 Å². The van der Waals surface area contributed by atoms with E-state index in [1.165, 1.54) is 0 Å². The number of para-hydroxylation sites is 1. The van der Waals surface area contributed by atoms with Crippen molar-refractivity contribution in [3.8, 4) is 0 Å². The highest BCUT2D eigenvalue weighted by molar-refractivity contribution is 5.81. The van der Waals surface area contributed by atoms with Gasteiger partial charge in [-0.05, 0) is 26.0 Å². The molecule has 2 rings (SSSR count). The van der Waals surface area contributed by atoms with E-state index in [0.29, 0.717) is 0 Å². The summed E-state index contributed by atoms with van der Waals surface area (Å²) < 4.78 is 28.7. The third kappa shape index (κ3) is 1.70. The van der Waals surface area contributed by atoms with E-state index in [1.807, 2.05) is 38.1 Å². The lowest BCUT2D eigenvalue weighted by Gasteiger charge is -2.18. The third-order valence-electron chi connectivity index (χ3n) is 2.71. The van der Waals surface area contributed by atoms with Gasteiger partial charge in [-0.25, -0.2) is 8.78 Å². The monoisotopic (exact) mass is 223 g/mol. The van der Waals surface area contributed by atoms with Gasteiger partial charge in [0.2, 0.25) is 0 Å². The van der Waals surface area contributed by atoms with Crippen molar-refractivity contribution >= 4 is 10.9 Å². The zero-order valence-corrected chi connectivity index (χ0v) is 9.67. The molecule has 3 heteroatoms. The minimum absolute atomic E-state index is 0.0284. The minimum Gasteiger partial charge on any atom is -0.337 e. The Morgan fingerprint density at radius 1 is 1.19 bits per heavy atom. The van der Waals surface area contributed by atoms with Crippen LogP contribution in [0.4, 0.5) is 8.78 Å². The number of hydrogen-bond acceptors (Lipinski definition) is 0. The average molecular weight is 223 g/mol. The Hall–Kier alpha value is -1.38. The summed E-state index contributed by atoms with van der Waals surface area (Å²) in [5.41, 5.74) is 0.956. The van der Waals surface area contributed by atoms with Crippen molar-refractivity contribution in [1.82, 2.24) is 4.57 Å². The summed E-state index contributed by atoms with van der Waals surface area (Å²) >= 11 is 0. The topological polar surface area (TPSA) is 4.93 Å². The molecule has 0 N–H and O–H groups in total. The molecule has 0 atom stereocenters. The maximum atomic E-state index is 13.5. The number of alkyl halides is 2. The van der Waals surface area contributed by atoms with Crippen LogP contribution in [-0.4, -0.2) is 4.57 Å². The van der Waals surface area contributed by atoms with Crippen LogP contribution in [0.25, 0.3) is 10.9 Å². The van der Waals surface area contributed by atoms with Crippen LogP contribution >= 0.6 is 0 Å². The van der Waals surface area contributed by atoms with Crippen molar-refractivity contribution in [3.63, 3.8) is 0 Å². The van der Waals surface area contributed by atoms with Gasteiger partial charge in [-0.3, -0.25) is 0 Å². The Bertz CT molecular complexity index is 506. The molecule has 86 valence electrons. The lowest BCUT2D eigenvalue weighted by atomic mass is 10.2. The Kier molecular flexibility index (Phi) is 2.49. The van der Waals surface area contributed by atoms with E-state index in [2.05, 4.69) is 0 Å². The molecular weight excluding hydrogens is 208 g/mol. The van der Waals surface area contributed by atoms with Gasteiger partial charge < -0.3 is 4.57 Å². The minimum atomic E-state index is -2.80. The van der Waals surface area contributed by atoms with E-state index in [0.717, 1.165) is 17.8 Å². The average Bonchev–Trinajstić information content (AvgIpc) is 2.55. The fourth-order valence-corrected chi connectivity index (χ4v) is 2.07. The predicted octanol–water partition coefficient (Wildman–Crippen LogP) is 4.33. The molecule has 0 saturated carbocycles. The highest BCUT2D eigenvalue weighted by Crippen LogP contribution is 2.34. The smallest absolute Gasteiger partial charge is 0.285 e. The molecule has 0 aliphatic rings. The van der Waals surface area contributed by atoms with Gasteiger partial charge >= 0.3 is 0 Å². The second kappa shape index (κ2) is 3.58. The highest BCUT2D eigenvalue weighted by atomic mass is 19.3. The summed E-state index contributed by atoms with van der Waals surface area (Å²) in [6.45, 7) is 4.78. The molecule has 1 nitrogen and oxygen atoms in total. The fraction of sp³-hybridized carbons (Fsp3) is 0.385. The van der Waals surface area contributed by atoms with E-state index in [-0.39, 0.29) is 11.7 Å². The van der Waals surface area contributed by atoms with E-state index < -0.39 is 5.92 Å². The van der Waals surface area contributed by atoms with E-state index in [4.69, 9.17) is 0 Å². The number of aromatic nitrogens is 1.